The van der Waals surface area contributed by atoms with Crippen molar-refractivity contribution in [3.8, 4) is 6.07 Å². The van der Waals surface area contributed by atoms with Crippen molar-refractivity contribution < 1.29 is 4.74 Å². The highest BCUT2D eigenvalue weighted by atomic mass is 16.5. The van der Waals surface area contributed by atoms with E-state index in [-0.39, 0.29) is 0 Å². The van der Waals surface area contributed by atoms with Crippen molar-refractivity contribution in [1.29, 1.82) is 5.26 Å². The lowest BCUT2D eigenvalue weighted by Crippen LogP contribution is -2.29. The van der Waals surface area contributed by atoms with E-state index < -0.39 is 5.60 Å². The Hall–Kier alpha value is -0.550. The van der Waals surface area contributed by atoms with Crippen LogP contribution >= 0.6 is 0 Å². The molecule has 0 bridgehead atoms. The first-order valence-electron chi connectivity index (χ1n) is 4.88. The topological polar surface area (TPSA) is 33.0 Å². The molecular formula is C10H17NO. The first-order chi connectivity index (χ1) is 5.83. The van der Waals surface area contributed by atoms with Crippen molar-refractivity contribution in [3.63, 3.8) is 0 Å². The second-order valence-electron chi connectivity index (χ2n) is 3.45. The van der Waals surface area contributed by atoms with Gasteiger partial charge in [-0.05, 0) is 32.6 Å². The Morgan fingerprint density at radius 2 is 1.83 bits per heavy atom. The van der Waals surface area contributed by atoms with Gasteiger partial charge in [-0.15, -0.1) is 0 Å². The Balaban J connectivity index is 2.56. The first-order valence-corrected chi connectivity index (χ1v) is 4.88. The number of nitrogens with zero attached hydrogens (tertiary/aromatic N) is 1. The third kappa shape index (κ3) is 2.22. The molecule has 0 atom stereocenters. The molecule has 68 valence electrons. The standard InChI is InChI=1S/C10H17NO/c1-2-12-10(9-11)7-5-3-4-6-8-10/h2-8H2,1H3. The van der Waals surface area contributed by atoms with Crippen molar-refractivity contribution in [3.05, 3.63) is 0 Å². The molecule has 0 N–H and O–H groups in total. The van der Waals surface area contributed by atoms with E-state index in [0.29, 0.717) is 6.61 Å². The van der Waals surface area contributed by atoms with Crippen molar-refractivity contribution >= 4 is 0 Å². The van der Waals surface area contributed by atoms with Crippen LogP contribution in [-0.4, -0.2) is 12.2 Å². The zero-order chi connectivity index (χ0) is 8.86. The molecule has 0 amide bonds. The molecule has 0 saturated heterocycles. The number of rotatable bonds is 2. The third-order valence-corrected chi connectivity index (χ3v) is 2.54. The Bertz CT molecular complexity index is 163. The van der Waals surface area contributed by atoms with Crippen LogP contribution in [0.2, 0.25) is 0 Å². The van der Waals surface area contributed by atoms with E-state index in [9.17, 15) is 0 Å². The summed E-state index contributed by atoms with van der Waals surface area (Å²) in [4.78, 5) is 0. The summed E-state index contributed by atoms with van der Waals surface area (Å²) >= 11 is 0. The van der Waals surface area contributed by atoms with Gasteiger partial charge in [-0.1, -0.05) is 12.8 Å². The lowest BCUT2D eigenvalue weighted by molar-refractivity contribution is -0.00555. The highest BCUT2D eigenvalue weighted by Gasteiger charge is 2.30. The van der Waals surface area contributed by atoms with Gasteiger partial charge in [0.15, 0.2) is 5.60 Å². The summed E-state index contributed by atoms with van der Waals surface area (Å²) in [5, 5.41) is 9.02. The number of hydrogen-bond acceptors (Lipinski definition) is 2. The fraction of sp³-hybridized carbons (Fsp3) is 0.900. The summed E-state index contributed by atoms with van der Waals surface area (Å²) in [6.07, 6.45) is 6.67. The molecule has 1 saturated carbocycles. The van der Waals surface area contributed by atoms with Gasteiger partial charge in [-0.3, -0.25) is 0 Å². The van der Waals surface area contributed by atoms with Crippen molar-refractivity contribution in [2.24, 2.45) is 0 Å². The molecule has 1 aliphatic carbocycles. The zero-order valence-corrected chi connectivity index (χ0v) is 7.81. The summed E-state index contributed by atoms with van der Waals surface area (Å²) in [7, 11) is 0. The Morgan fingerprint density at radius 1 is 1.25 bits per heavy atom. The van der Waals surface area contributed by atoms with Crippen LogP contribution in [0.25, 0.3) is 0 Å². The van der Waals surface area contributed by atoms with Crippen molar-refractivity contribution in [1.82, 2.24) is 0 Å². The van der Waals surface area contributed by atoms with Gasteiger partial charge < -0.3 is 4.74 Å². The van der Waals surface area contributed by atoms with Crippen LogP contribution in [0.15, 0.2) is 0 Å². The van der Waals surface area contributed by atoms with Crippen LogP contribution in [0.1, 0.15) is 45.4 Å². The fourth-order valence-corrected chi connectivity index (χ4v) is 1.86. The largest absolute Gasteiger partial charge is 0.360 e. The van der Waals surface area contributed by atoms with Crippen molar-refractivity contribution in [2.75, 3.05) is 6.61 Å². The average molecular weight is 167 g/mol. The average Bonchev–Trinajstić information content (AvgIpc) is 2.32. The Labute approximate surface area is 74.5 Å². The molecule has 2 heteroatoms. The first kappa shape index (κ1) is 9.54. The van der Waals surface area contributed by atoms with Gasteiger partial charge in [0.1, 0.15) is 0 Å². The lowest BCUT2D eigenvalue weighted by atomic mass is 9.96. The van der Waals surface area contributed by atoms with E-state index >= 15 is 0 Å². The minimum Gasteiger partial charge on any atom is -0.360 e. The summed E-state index contributed by atoms with van der Waals surface area (Å²) in [6, 6.07) is 2.34. The van der Waals surface area contributed by atoms with E-state index in [2.05, 4.69) is 6.07 Å². The predicted molar refractivity (Wildman–Crippen MR) is 47.7 cm³/mol. The maximum atomic E-state index is 9.02. The molecule has 12 heavy (non-hydrogen) atoms. The SMILES string of the molecule is CCOC1(C#N)CCCCCC1. The van der Waals surface area contributed by atoms with Gasteiger partial charge in [0.25, 0.3) is 0 Å². The molecule has 1 rings (SSSR count). The minimum atomic E-state index is -0.439. The summed E-state index contributed by atoms with van der Waals surface area (Å²) in [5.41, 5.74) is -0.439. The van der Waals surface area contributed by atoms with Gasteiger partial charge >= 0.3 is 0 Å². The molecule has 0 heterocycles. The molecule has 0 spiro atoms. The van der Waals surface area contributed by atoms with Gasteiger partial charge in [0.05, 0.1) is 6.07 Å². The summed E-state index contributed by atoms with van der Waals surface area (Å²) in [6.45, 7) is 2.62. The van der Waals surface area contributed by atoms with Gasteiger partial charge in [-0.25, -0.2) is 0 Å². The highest BCUT2D eigenvalue weighted by molar-refractivity contribution is 5.02. The maximum absolute atomic E-state index is 9.02. The molecular weight excluding hydrogens is 150 g/mol. The molecule has 2 nitrogen and oxygen atoms in total. The second-order valence-corrected chi connectivity index (χ2v) is 3.45. The van der Waals surface area contributed by atoms with Gasteiger partial charge in [-0.2, -0.15) is 5.26 Å². The Kier molecular flexibility index (Phi) is 3.55. The van der Waals surface area contributed by atoms with Crippen LogP contribution in [0, 0.1) is 11.3 Å². The Morgan fingerprint density at radius 3 is 2.25 bits per heavy atom. The maximum Gasteiger partial charge on any atom is 0.154 e. The van der Waals surface area contributed by atoms with Gasteiger partial charge in [0, 0.05) is 6.61 Å². The number of hydrogen-bond donors (Lipinski definition) is 0. The second kappa shape index (κ2) is 4.47. The summed E-state index contributed by atoms with van der Waals surface area (Å²) in [5.74, 6) is 0. The molecule has 0 aromatic carbocycles. The number of nitriles is 1. The smallest absolute Gasteiger partial charge is 0.154 e. The molecule has 0 unspecified atom stereocenters. The molecule has 0 aliphatic heterocycles. The van der Waals surface area contributed by atoms with Crippen LogP contribution < -0.4 is 0 Å². The van der Waals surface area contributed by atoms with Gasteiger partial charge in [0.2, 0.25) is 0 Å². The molecule has 0 aromatic rings. The van der Waals surface area contributed by atoms with E-state index in [0.717, 1.165) is 25.7 Å². The monoisotopic (exact) mass is 167 g/mol. The zero-order valence-electron chi connectivity index (χ0n) is 7.81. The van der Waals surface area contributed by atoms with Crippen LogP contribution in [0.4, 0.5) is 0 Å². The van der Waals surface area contributed by atoms with E-state index in [1.807, 2.05) is 6.92 Å². The lowest BCUT2D eigenvalue weighted by Gasteiger charge is -2.24. The molecule has 1 fully saturated rings. The molecule has 0 aromatic heterocycles. The fourth-order valence-electron chi connectivity index (χ4n) is 1.86. The number of ether oxygens (including phenoxy) is 1. The van der Waals surface area contributed by atoms with Crippen LogP contribution in [0.5, 0.6) is 0 Å². The minimum absolute atomic E-state index is 0.439. The van der Waals surface area contributed by atoms with E-state index in [1.165, 1.54) is 12.8 Å². The molecule has 0 radical (unpaired) electrons. The predicted octanol–water partition coefficient (Wildman–Crippen LogP) is 2.64. The van der Waals surface area contributed by atoms with E-state index in [4.69, 9.17) is 10.00 Å². The van der Waals surface area contributed by atoms with Crippen molar-refractivity contribution in [2.45, 2.75) is 51.0 Å². The highest BCUT2D eigenvalue weighted by Crippen LogP contribution is 2.29. The normalized spacial score (nSPS) is 22.7. The summed E-state index contributed by atoms with van der Waals surface area (Å²) < 4.78 is 5.54. The van der Waals surface area contributed by atoms with E-state index in [1.54, 1.807) is 0 Å². The molecule has 1 aliphatic rings. The van der Waals surface area contributed by atoms with Crippen LogP contribution in [-0.2, 0) is 4.74 Å². The quantitative estimate of drug-likeness (QED) is 0.592. The third-order valence-electron chi connectivity index (χ3n) is 2.54. The van der Waals surface area contributed by atoms with Crippen LogP contribution in [0.3, 0.4) is 0 Å².